The van der Waals surface area contributed by atoms with Crippen LogP contribution in [-0.2, 0) is 0 Å². The molecule has 0 N–H and O–H groups in total. The summed E-state index contributed by atoms with van der Waals surface area (Å²) < 4.78 is 14.5. The van der Waals surface area contributed by atoms with Gasteiger partial charge in [0.1, 0.15) is 5.82 Å². The van der Waals surface area contributed by atoms with Gasteiger partial charge in [0.25, 0.3) is 5.91 Å². The number of hydrogen-bond acceptors (Lipinski definition) is 2. The minimum atomic E-state index is -0.491. The Morgan fingerprint density at radius 3 is 2.53 bits per heavy atom. The molecule has 19 heavy (non-hydrogen) atoms. The van der Waals surface area contributed by atoms with Crippen LogP contribution < -0.4 is 0 Å². The summed E-state index contributed by atoms with van der Waals surface area (Å²) in [6.07, 6.45) is 0. The van der Waals surface area contributed by atoms with E-state index in [2.05, 4.69) is 15.9 Å². The zero-order chi connectivity index (χ0) is 14.6. The molecular weight excluding hydrogens is 311 g/mol. The maximum absolute atomic E-state index is 13.8. The van der Waals surface area contributed by atoms with Crippen LogP contribution >= 0.6 is 15.9 Å². The average molecular weight is 331 g/mol. The topological polar surface area (TPSA) is 23.6 Å². The first kappa shape index (κ1) is 16.1. The van der Waals surface area contributed by atoms with Gasteiger partial charge in [0, 0.05) is 23.6 Å². The lowest BCUT2D eigenvalue weighted by Crippen LogP contribution is -2.44. The number of hydrogen-bond donors (Lipinski definition) is 0. The van der Waals surface area contributed by atoms with E-state index in [0.29, 0.717) is 11.0 Å². The lowest BCUT2D eigenvalue weighted by atomic mass is 10.1. The molecule has 0 bridgehead atoms. The van der Waals surface area contributed by atoms with Gasteiger partial charge < -0.3 is 9.80 Å². The molecule has 1 aromatic carbocycles. The van der Waals surface area contributed by atoms with Crippen LogP contribution in [0.25, 0.3) is 0 Å². The highest BCUT2D eigenvalue weighted by atomic mass is 79.9. The highest BCUT2D eigenvalue weighted by molar-refractivity contribution is 9.10. The highest BCUT2D eigenvalue weighted by Gasteiger charge is 2.22. The Hall–Kier alpha value is -0.940. The van der Waals surface area contributed by atoms with E-state index in [1.54, 1.807) is 11.0 Å². The molecule has 1 atom stereocenters. The number of halogens is 2. The fourth-order valence-corrected chi connectivity index (χ4v) is 2.43. The summed E-state index contributed by atoms with van der Waals surface area (Å²) in [6, 6.07) is 4.56. The minimum Gasteiger partial charge on any atom is -0.335 e. The van der Waals surface area contributed by atoms with Gasteiger partial charge >= 0.3 is 0 Å². The molecule has 0 aliphatic rings. The smallest absolute Gasteiger partial charge is 0.257 e. The number of nitrogens with zero attached hydrogens (tertiary/aromatic N) is 2. The number of amides is 1. The van der Waals surface area contributed by atoms with Gasteiger partial charge in [-0.1, -0.05) is 15.9 Å². The Balaban J connectivity index is 2.95. The fourth-order valence-electron chi connectivity index (χ4n) is 2.10. The van der Waals surface area contributed by atoms with Gasteiger partial charge in [0.05, 0.1) is 5.56 Å². The molecule has 0 aliphatic heterocycles. The van der Waals surface area contributed by atoms with Crippen molar-refractivity contribution < 1.29 is 9.18 Å². The van der Waals surface area contributed by atoms with Crippen molar-refractivity contribution in [1.82, 2.24) is 9.80 Å². The quantitative estimate of drug-likeness (QED) is 0.828. The summed E-state index contributed by atoms with van der Waals surface area (Å²) in [5.74, 6) is -0.753. The van der Waals surface area contributed by atoms with E-state index < -0.39 is 5.82 Å². The van der Waals surface area contributed by atoms with Crippen molar-refractivity contribution in [2.45, 2.75) is 19.9 Å². The second kappa shape index (κ2) is 7.01. The molecule has 0 aliphatic carbocycles. The number of likely N-dealkylation sites (N-methyl/N-ethyl adjacent to an activating group) is 2. The third kappa shape index (κ3) is 4.28. The molecule has 0 aromatic heterocycles. The van der Waals surface area contributed by atoms with Crippen molar-refractivity contribution in [2.75, 3.05) is 27.2 Å². The lowest BCUT2D eigenvalue weighted by molar-refractivity contribution is 0.0674. The monoisotopic (exact) mass is 330 g/mol. The predicted molar refractivity (Wildman–Crippen MR) is 78.8 cm³/mol. The Labute approximate surface area is 122 Å². The number of carbonyl (C=O) groups is 1. The Morgan fingerprint density at radius 2 is 2.05 bits per heavy atom. The van der Waals surface area contributed by atoms with E-state index in [9.17, 15) is 9.18 Å². The molecule has 0 saturated heterocycles. The van der Waals surface area contributed by atoms with E-state index in [4.69, 9.17) is 0 Å². The molecule has 1 unspecified atom stereocenters. The normalized spacial score (nSPS) is 12.6. The Kier molecular flexibility index (Phi) is 5.94. The minimum absolute atomic E-state index is 0.0375. The van der Waals surface area contributed by atoms with Crippen molar-refractivity contribution in [1.29, 1.82) is 0 Å². The van der Waals surface area contributed by atoms with Crippen LogP contribution in [0.5, 0.6) is 0 Å². The van der Waals surface area contributed by atoms with Gasteiger partial charge in [0.15, 0.2) is 0 Å². The zero-order valence-corrected chi connectivity index (χ0v) is 13.4. The van der Waals surface area contributed by atoms with Gasteiger partial charge in [0.2, 0.25) is 0 Å². The molecule has 1 rings (SSSR count). The maximum atomic E-state index is 13.8. The second-order valence-corrected chi connectivity index (χ2v) is 5.74. The largest absolute Gasteiger partial charge is 0.335 e. The van der Waals surface area contributed by atoms with Gasteiger partial charge in [-0.3, -0.25) is 4.79 Å². The van der Waals surface area contributed by atoms with Crippen LogP contribution in [0.1, 0.15) is 24.2 Å². The van der Waals surface area contributed by atoms with Crippen molar-refractivity contribution in [2.24, 2.45) is 0 Å². The molecule has 0 radical (unpaired) electrons. The third-order valence-electron chi connectivity index (χ3n) is 2.92. The van der Waals surface area contributed by atoms with Crippen molar-refractivity contribution in [3.05, 3.63) is 34.1 Å². The maximum Gasteiger partial charge on any atom is 0.257 e. The lowest BCUT2D eigenvalue weighted by Gasteiger charge is -2.30. The molecule has 0 fully saturated rings. The zero-order valence-electron chi connectivity index (χ0n) is 11.8. The summed E-state index contributed by atoms with van der Waals surface area (Å²) in [4.78, 5) is 16.1. The molecule has 1 amide bonds. The van der Waals surface area contributed by atoms with E-state index in [-0.39, 0.29) is 17.5 Å². The SMILES string of the molecule is CCN(C(=O)c1ccc(Br)cc1F)C(C)CN(C)C. The van der Waals surface area contributed by atoms with Crippen molar-refractivity contribution in [3.63, 3.8) is 0 Å². The van der Waals surface area contributed by atoms with Gasteiger partial charge in [-0.15, -0.1) is 0 Å². The third-order valence-corrected chi connectivity index (χ3v) is 3.42. The molecule has 3 nitrogen and oxygen atoms in total. The second-order valence-electron chi connectivity index (χ2n) is 4.83. The van der Waals surface area contributed by atoms with Gasteiger partial charge in [-0.25, -0.2) is 4.39 Å². The van der Waals surface area contributed by atoms with E-state index in [1.807, 2.05) is 32.8 Å². The van der Waals surface area contributed by atoms with Crippen LogP contribution in [0.4, 0.5) is 4.39 Å². The van der Waals surface area contributed by atoms with Crippen LogP contribution in [0.2, 0.25) is 0 Å². The summed E-state index contributed by atoms with van der Waals surface area (Å²) in [5, 5.41) is 0. The standard InChI is InChI=1S/C14H20BrFN2O/c1-5-18(10(2)9-17(3)4)14(19)12-7-6-11(15)8-13(12)16/h6-8,10H,5,9H2,1-4H3. The van der Waals surface area contributed by atoms with Crippen LogP contribution in [0, 0.1) is 5.82 Å². The molecule has 0 spiro atoms. The predicted octanol–water partition coefficient (Wildman–Crippen LogP) is 3.00. The van der Waals surface area contributed by atoms with Crippen molar-refractivity contribution >= 4 is 21.8 Å². The number of carbonyl (C=O) groups excluding carboxylic acids is 1. The Bertz CT molecular complexity index is 451. The van der Waals surface area contributed by atoms with E-state index in [0.717, 1.165) is 6.54 Å². The summed E-state index contributed by atoms with van der Waals surface area (Å²) in [7, 11) is 3.91. The first-order valence-corrected chi connectivity index (χ1v) is 7.06. The molecule has 106 valence electrons. The van der Waals surface area contributed by atoms with Crippen LogP contribution in [0.3, 0.4) is 0 Å². The summed E-state index contributed by atoms with van der Waals surface area (Å²) in [5.41, 5.74) is 0.121. The Morgan fingerprint density at radius 1 is 1.42 bits per heavy atom. The van der Waals surface area contributed by atoms with E-state index in [1.165, 1.54) is 12.1 Å². The summed E-state index contributed by atoms with van der Waals surface area (Å²) >= 11 is 3.19. The first-order valence-electron chi connectivity index (χ1n) is 6.27. The first-order chi connectivity index (χ1) is 8.86. The molecule has 5 heteroatoms. The number of benzene rings is 1. The number of rotatable bonds is 5. The van der Waals surface area contributed by atoms with Crippen LogP contribution in [-0.4, -0.2) is 48.9 Å². The highest BCUT2D eigenvalue weighted by Crippen LogP contribution is 2.18. The van der Waals surface area contributed by atoms with Gasteiger partial charge in [-0.05, 0) is 46.1 Å². The average Bonchev–Trinajstić information content (AvgIpc) is 2.28. The van der Waals surface area contributed by atoms with Crippen LogP contribution in [0.15, 0.2) is 22.7 Å². The fraction of sp³-hybridized carbons (Fsp3) is 0.500. The van der Waals surface area contributed by atoms with Crippen molar-refractivity contribution in [3.8, 4) is 0 Å². The van der Waals surface area contributed by atoms with E-state index >= 15 is 0 Å². The molecule has 0 saturated carbocycles. The summed E-state index contributed by atoms with van der Waals surface area (Å²) in [6.45, 7) is 5.18. The molecule has 0 heterocycles. The van der Waals surface area contributed by atoms with Gasteiger partial charge in [-0.2, -0.15) is 0 Å². The molecular formula is C14H20BrFN2O. The molecule has 1 aromatic rings.